The predicted molar refractivity (Wildman–Crippen MR) is 85.8 cm³/mol. The lowest BCUT2D eigenvalue weighted by Crippen LogP contribution is -2.33. The number of rotatable bonds is 6. The van der Waals surface area contributed by atoms with E-state index in [1.54, 1.807) is 18.2 Å². The Morgan fingerprint density at radius 2 is 2.10 bits per heavy atom. The van der Waals surface area contributed by atoms with Crippen molar-refractivity contribution < 1.29 is 9.18 Å². The summed E-state index contributed by atoms with van der Waals surface area (Å²) in [6.07, 6.45) is 4.14. The van der Waals surface area contributed by atoms with Crippen molar-refractivity contribution in [2.75, 3.05) is 0 Å². The Hall–Kier alpha value is -1.36. The van der Waals surface area contributed by atoms with Gasteiger partial charge in [0.2, 0.25) is 5.91 Å². The second-order valence-electron chi connectivity index (χ2n) is 5.46. The highest BCUT2D eigenvalue weighted by molar-refractivity contribution is 8.16. The first-order valence-electron chi connectivity index (χ1n) is 7.33. The minimum absolute atomic E-state index is 0.0101. The number of carbonyl (C=O) groups is 1. The molecule has 0 bridgehead atoms. The zero-order chi connectivity index (χ0) is 15.3. The molecule has 0 aromatic heterocycles. The zero-order valence-electron chi connectivity index (χ0n) is 12.5. The Balaban J connectivity index is 1.98. The molecular formula is C16H21FN2OS. The molecule has 1 heterocycles. The molecule has 1 amide bonds. The van der Waals surface area contributed by atoms with E-state index in [1.165, 1.54) is 17.8 Å². The number of amides is 1. The smallest absolute Gasteiger partial charge is 0.242 e. The van der Waals surface area contributed by atoms with Crippen LogP contribution in [0.15, 0.2) is 29.3 Å². The molecule has 1 aliphatic heterocycles. The maximum Gasteiger partial charge on any atom is 0.242 e. The molecule has 0 aliphatic carbocycles. The number of carbonyl (C=O) groups excluding carboxylic acids is 1. The third kappa shape index (κ3) is 4.06. The molecule has 3 nitrogen and oxygen atoms in total. The molecule has 1 aromatic carbocycles. The second-order valence-corrected chi connectivity index (χ2v) is 6.95. The van der Waals surface area contributed by atoms with E-state index in [2.05, 4.69) is 17.2 Å². The van der Waals surface area contributed by atoms with E-state index in [9.17, 15) is 9.18 Å². The highest BCUT2D eigenvalue weighted by atomic mass is 32.2. The topological polar surface area (TPSA) is 41.5 Å². The van der Waals surface area contributed by atoms with E-state index in [-0.39, 0.29) is 18.3 Å². The van der Waals surface area contributed by atoms with Crippen LogP contribution in [0.2, 0.25) is 0 Å². The monoisotopic (exact) mass is 308 g/mol. The maximum absolute atomic E-state index is 13.5. The summed E-state index contributed by atoms with van der Waals surface area (Å²) >= 11 is 1.46. The van der Waals surface area contributed by atoms with Crippen LogP contribution >= 0.6 is 11.8 Å². The van der Waals surface area contributed by atoms with Gasteiger partial charge >= 0.3 is 0 Å². The average molecular weight is 308 g/mol. The number of aliphatic imine (C=N–C) groups is 1. The highest BCUT2D eigenvalue weighted by Gasteiger charge is 2.41. The number of hydrogen-bond acceptors (Lipinski definition) is 3. The van der Waals surface area contributed by atoms with Crippen molar-refractivity contribution in [3.8, 4) is 0 Å². The minimum atomic E-state index is -0.441. The van der Waals surface area contributed by atoms with Gasteiger partial charge in [-0.15, -0.1) is 0 Å². The third-order valence-electron chi connectivity index (χ3n) is 3.63. The lowest BCUT2D eigenvalue weighted by atomic mass is 10.0. The molecular weight excluding hydrogens is 287 g/mol. The van der Waals surface area contributed by atoms with Crippen molar-refractivity contribution in [2.45, 2.75) is 50.8 Å². The lowest BCUT2D eigenvalue weighted by molar-refractivity contribution is -0.121. The molecule has 1 saturated heterocycles. The van der Waals surface area contributed by atoms with Gasteiger partial charge in [-0.1, -0.05) is 56.1 Å². The fraction of sp³-hybridized carbons (Fsp3) is 0.500. The standard InChI is InChI=1S/C16H21FN2OS/c1-3-4-7-10-16(2)14(20)19-15(21-16)18-11-12-8-5-6-9-13(12)17/h5-6,8-9H,3-4,7,10-11H2,1-2H3,(H,18,19,20). The molecule has 1 aliphatic rings. The number of unbranched alkanes of at least 4 members (excludes halogenated alkanes) is 2. The summed E-state index contributed by atoms with van der Waals surface area (Å²) in [6, 6.07) is 6.57. The van der Waals surface area contributed by atoms with E-state index in [4.69, 9.17) is 0 Å². The average Bonchev–Trinajstić information content (AvgIpc) is 2.74. The Morgan fingerprint density at radius 1 is 1.33 bits per heavy atom. The third-order valence-corrected chi connectivity index (χ3v) is 4.90. The van der Waals surface area contributed by atoms with Gasteiger partial charge in [0.05, 0.1) is 11.3 Å². The first-order valence-corrected chi connectivity index (χ1v) is 8.15. The van der Waals surface area contributed by atoms with Crippen LogP contribution in [0.3, 0.4) is 0 Å². The van der Waals surface area contributed by atoms with E-state index < -0.39 is 4.75 Å². The van der Waals surface area contributed by atoms with Crippen LogP contribution in [0.25, 0.3) is 0 Å². The van der Waals surface area contributed by atoms with E-state index in [0.29, 0.717) is 10.7 Å². The molecule has 5 heteroatoms. The van der Waals surface area contributed by atoms with Crippen LogP contribution in [-0.2, 0) is 11.3 Å². The van der Waals surface area contributed by atoms with Gasteiger partial charge in [0.25, 0.3) is 0 Å². The first-order chi connectivity index (χ1) is 10.0. The summed E-state index contributed by atoms with van der Waals surface area (Å²) in [5.41, 5.74) is 0.541. The fourth-order valence-corrected chi connectivity index (χ4v) is 3.34. The molecule has 1 fully saturated rings. The van der Waals surface area contributed by atoms with E-state index in [0.717, 1.165) is 25.7 Å². The zero-order valence-corrected chi connectivity index (χ0v) is 13.3. The Kier molecular flexibility index (Phi) is 5.39. The van der Waals surface area contributed by atoms with Crippen molar-refractivity contribution in [1.82, 2.24) is 5.32 Å². The SMILES string of the molecule is CCCCCC1(C)SC(=NCc2ccccc2F)NC1=O. The second kappa shape index (κ2) is 7.07. The summed E-state index contributed by atoms with van der Waals surface area (Å²) in [5, 5.41) is 3.41. The van der Waals surface area contributed by atoms with Crippen molar-refractivity contribution in [1.29, 1.82) is 0 Å². The number of halogens is 1. The quantitative estimate of drug-likeness (QED) is 0.810. The van der Waals surface area contributed by atoms with Crippen molar-refractivity contribution >= 4 is 22.8 Å². The molecule has 1 aromatic rings. The Bertz CT molecular complexity index is 547. The minimum Gasteiger partial charge on any atom is -0.304 e. The Labute approximate surface area is 129 Å². The molecule has 0 spiro atoms. The van der Waals surface area contributed by atoms with Gasteiger partial charge in [-0.2, -0.15) is 0 Å². The fourth-order valence-electron chi connectivity index (χ4n) is 2.25. The summed E-state index contributed by atoms with van der Waals surface area (Å²) in [5.74, 6) is -0.252. The molecule has 0 saturated carbocycles. The van der Waals surface area contributed by atoms with Gasteiger partial charge in [-0.3, -0.25) is 9.79 Å². The van der Waals surface area contributed by atoms with Crippen LogP contribution in [-0.4, -0.2) is 15.8 Å². The predicted octanol–water partition coefficient (Wildman–Crippen LogP) is 3.88. The number of amidine groups is 1. The molecule has 0 radical (unpaired) electrons. The van der Waals surface area contributed by atoms with E-state index >= 15 is 0 Å². The molecule has 1 N–H and O–H groups in total. The van der Waals surface area contributed by atoms with Crippen LogP contribution in [0, 0.1) is 5.82 Å². The van der Waals surface area contributed by atoms with Gasteiger partial charge in [-0.05, 0) is 19.4 Å². The van der Waals surface area contributed by atoms with Crippen LogP contribution in [0.4, 0.5) is 4.39 Å². The molecule has 2 rings (SSSR count). The summed E-state index contributed by atoms with van der Waals surface area (Å²) < 4.78 is 13.1. The number of hydrogen-bond donors (Lipinski definition) is 1. The van der Waals surface area contributed by atoms with Gasteiger partial charge in [0.1, 0.15) is 5.82 Å². The van der Waals surface area contributed by atoms with Crippen LogP contribution in [0.5, 0.6) is 0 Å². The number of thioether (sulfide) groups is 1. The van der Waals surface area contributed by atoms with Crippen molar-refractivity contribution in [3.63, 3.8) is 0 Å². The van der Waals surface area contributed by atoms with Gasteiger partial charge in [0.15, 0.2) is 5.17 Å². The molecule has 1 unspecified atom stereocenters. The summed E-state index contributed by atoms with van der Waals surface area (Å²) in [6.45, 7) is 4.35. The largest absolute Gasteiger partial charge is 0.304 e. The Morgan fingerprint density at radius 3 is 2.81 bits per heavy atom. The summed E-state index contributed by atoms with van der Waals surface area (Å²) in [4.78, 5) is 16.4. The van der Waals surface area contributed by atoms with Crippen LogP contribution < -0.4 is 5.32 Å². The molecule has 21 heavy (non-hydrogen) atoms. The van der Waals surface area contributed by atoms with Crippen LogP contribution in [0.1, 0.15) is 45.1 Å². The number of nitrogens with one attached hydrogen (secondary N) is 1. The van der Waals surface area contributed by atoms with E-state index in [1.807, 2.05) is 6.92 Å². The summed E-state index contributed by atoms with van der Waals surface area (Å²) in [7, 11) is 0. The van der Waals surface area contributed by atoms with Gasteiger partial charge in [-0.25, -0.2) is 4.39 Å². The number of nitrogens with zero attached hydrogens (tertiary/aromatic N) is 1. The van der Waals surface area contributed by atoms with Gasteiger partial charge < -0.3 is 5.32 Å². The normalized spacial score (nSPS) is 23.6. The highest BCUT2D eigenvalue weighted by Crippen LogP contribution is 2.36. The maximum atomic E-state index is 13.5. The first kappa shape index (κ1) is 16.0. The molecule has 1 atom stereocenters. The number of benzene rings is 1. The van der Waals surface area contributed by atoms with Crippen molar-refractivity contribution in [2.24, 2.45) is 4.99 Å². The molecule has 114 valence electrons. The lowest BCUT2D eigenvalue weighted by Gasteiger charge is -2.17. The van der Waals surface area contributed by atoms with Crippen molar-refractivity contribution in [3.05, 3.63) is 35.6 Å². The van der Waals surface area contributed by atoms with Gasteiger partial charge in [0, 0.05) is 5.56 Å².